The Morgan fingerprint density at radius 1 is 1.17 bits per heavy atom. The van der Waals surface area contributed by atoms with E-state index in [4.69, 9.17) is 11.6 Å². The van der Waals surface area contributed by atoms with Crippen LogP contribution in [0.4, 0.5) is 0 Å². The molecule has 0 fully saturated rings. The number of hydrogen-bond donors (Lipinski definition) is 1. The smallest absolute Gasteiger partial charge is 0.220 e. The monoisotopic (exact) mass is 357 g/mol. The van der Waals surface area contributed by atoms with E-state index in [1.807, 2.05) is 47.8 Å². The maximum Gasteiger partial charge on any atom is 0.220 e. The molecule has 0 aliphatic heterocycles. The van der Waals surface area contributed by atoms with Gasteiger partial charge in [0.2, 0.25) is 5.91 Å². The van der Waals surface area contributed by atoms with Crippen molar-refractivity contribution in [2.75, 3.05) is 0 Å². The number of pyridine rings is 1. The van der Waals surface area contributed by atoms with E-state index in [0.29, 0.717) is 24.4 Å². The highest BCUT2D eigenvalue weighted by molar-refractivity contribution is 7.13. The van der Waals surface area contributed by atoms with Crippen LogP contribution in [0.2, 0.25) is 5.02 Å². The van der Waals surface area contributed by atoms with Gasteiger partial charge in [0, 0.05) is 29.6 Å². The van der Waals surface area contributed by atoms with Crippen molar-refractivity contribution in [1.82, 2.24) is 15.3 Å². The minimum Gasteiger partial charge on any atom is -0.352 e. The minimum atomic E-state index is 0.0114. The Balaban J connectivity index is 1.48. The summed E-state index contributed by atoms with van der Waals surface area (Å²) in [5.41, 5.74) is 2.81. The largest absolute Gasteiger partial charge is 0.352 e. The molecule has 0 aliphatic rings. The first kappa shape index (κ1) is 16.6. The molecule has 1 aromatic carbocycles. The average molecular weight is 358 g/mol. The molecule has 0 unspecified atom stereocenters. The van der Waals surface area contributed by atoms with Crippen molar-refractivity contribution < 1.29 is 4.79 Å². The second-order valence-electron chi connectivity index (χ2n) is 5.26. The lowest BCUT2D eigenvalue weighted by molar-refractivity contribution is -0.121. The second kappa shape index (κ2) is 8.04. The molecule has 1 N–H and O–H groups in total. The maximum atomic E-state index is 12.0. The Morgan fingerprint density at radius 2 is 2.00 bits per heavy atom. The number of nitrogens with zero attached hydrogens (tertiary/aromatic N) is 2. The van der Waals surface area contributed by atoms with E-state index in [-0.39, 0.29) is 5.91 Å². The Labute approximate surface area is 149 Å². The number of nitrogens with one attached hydrogen (secondary N) is 1. The fourth-order valence-corrected chi connectivity index (χ4v) is 3.12. The van der Waals surface area contributed by atoms with Crippen LogP contribution in [0.3, 0.4) is 0 Å². The molecule has 6 heteroatoms. The molecule has 0 aliphatic carbocycles. The number of thiazole rings is 1. The van der Waals surface area contributed by atoms with Crippen LogP contribution >= 0.6 is 22.9 Å². The molecule has 2 aromatic heterocycles. The number of amides is 1. The molecule has 24 heavy (non-hydrogen) atoms. The molecule has 0 radical (unpaired) electrons. The van der Waals surface area contributed by atoms with Gasteiger partial charge in [-0.2, -0.15) is 0 Å². The van der Waals surface area contributed by atoms with Gasteiger partial charge in [-0.05, 0) is 36.2 Å². The van der Waals surface area contributed by atoms with Gasteiger partial charge in [-0.1, -0.05) is 29.8 Å². The topological polar surface area (TPSA) is 54.9 Å². The number of aromatic nitrogens is 2. The van der Waals surface area contributed by atoms with Gasteiger partial charge in [-0.25, -0.2) is 4.98 Å². The van der Waals surface area contributed by atoms with Gasteiger partial charge >= 0.3 is 0 Å². The highest BCUT2D eigenvalue weighted by Gasteiger charge is 2.08. The van der Waals surface area contributed by atoms with Crippen LogP contribution in [0.1, 0.15) is 17.7 Å². The highest BCUT2D eigenvalue weighted by atomic mass is 35.5. The zero-order chi connectivity index (χ0) is 16.8. The summed E-state index contributed by atoms with van der Waals surface area (Å²) < 4.78 is 0. The van der Waals surface area contributed by atoms with E-state index in [0.717, 1.165) is 22.0 Å². The molecule has 0 spiro atoms. The summed E-state index contributed by atoms with van der Waals surface area (Å²) in [5.74, 6) is 0.0114. The second-order valence-corrected chi connectivity index (χ2v) is 6.56. The molecule has 4 nitrogen and oxygen atoms in total. The summed E-state index contributed by atoms with van der Waals surface area (Å²) in [6, 6.07) is 13.2. The van der Waals surface area contributed by atoms with Gasteiger partial charge in [0.1, 0.15) is 5.01 Å². The summed E-state index contributed by atoms with van der Waals surface area (Å²) in [7, 11) is 0. The number of carbonyl (C=O) groups is 1. The third-order valence-electron chi connectivity index (χ3n) is 3.45. The molecule has 1 amide bonds. The van der Waals surface area contributed by atoms with Crippen LogP contribution in [0.25, 0.3) is 10.7 Å². The molecular formula is C18H16ClN3OS. The average Bonchev–Trinajstić information content (AvgIpc) is 3.09. The van der Waals surface area contributed by atoms with E-state index in [1.165, 1.54) is 0 Å². The number of aryl methyl sites for hydroxylation is 1. The Kier molecular flexibility index (Phi) is 5.56. The first-order valence-corrected chi connectivity index (χ1v) is 8.83. The molecule has 3 aromatic rings. The third-order valence-corrected chi connectivity index (χ3v) is 4.61. The number of carbonyl (C=O) groups excluding carboxylic acids is 1. The van der Waals surface area contributed by atoms with E-state index in [2.05, 4.69) is 15.3 Å². The maximum absolute atomic E-state index is 12.0. The first-order valence-electron chi connectivity index (χ1n) is 7.57. The standard InChI is InChI=1S/C18H16ClN3OS/c19-14-6-4-13(5-7-14)11-21-17(23)9-8-15-12-24-18(22-15)16-3-1-2-10-20-16/h1-7,10,12H,8-9,11H2,(H,21,23). The molecule has 2 heterocycles. The van der Waals surface area contributed by atoms with Crippen molar-refractivity contribution in [2.24, 2.45) is 0 Å². The highest BCUT2D eigenvalue weighted by Crippen LogP contribution is 2.21. The molecule has 122 valence electrons. The molecular weight excluding hydrogens is 342 g/mol. The summed E-state index contributed by atoms with van der Waals surface area (Å²) in [6.45, 7) is 0.506. The van der Waals surface area contributed by atoms with Gasteiger partial charge in [-0.15, -0.1) is 11.3 Å². The summed E-state index contributed by atoms with van der Waals surface area (Å²) in [6.07, 6.45) is 2.79. The zero-order valence-corrected chi connectivity index (χ0v) is 14.5. The molecule has 3 rings (SSSR count). The van der Waals surface area contributed by atoms with Crippen LogP contribution in [0.15, 0.2) is 54.0 Å². The van der Waals surface area contributed by atoms with Crippen LogP contribution in [-0.4, -0.2) is 15.9 Å². The van der Waals surface area contributed by atoms with Crippen molar-refractivity contribution in [3.8, 4) is 10.7 Å². The number of benzene rings is 1. The zero-order valence-electron chi connectivity index (χ0n) is 12.9. The van der Waals surface area contributed by atoms with E-state index in [9.17, 15) is 4.79 Å². The van der Waals surface area contributed by atoms with Gasteiger partial charge in [0.25, 0.3) is 0 Å². The summed E-state index contributed by atoms with van der Waals surface area (Å²) in [5, 5.41) is 6.46. The Hall–Kier alpha value is -2.24. The number of halogens is 1. The third kappa shape index (κ3) is 4.63. The minimum absolute atomic E-state index is 0.0114. The molecule has 0 atom stereocenters. The van der Waals surface area contributed by atoms with Crippen LogP contribution < -0.4 is 5.32 Å². The predicted octanol–water partition coefficient (Wildman–Crippen LogP) is 4.11. The predicted molar refractivity (Wildman–Crippen MR) is 97.0 cm³/mol. The van der Waals surface area contributed by atoms with E-state index < -0.39 is 0 Å². The SMILES string of the molecule is O=C(CCc1csc(-c2ccccn2)n1)NCc1ccc(Cl)cc1. The lowest BCUT2D eigenvalue weighted by Crippen LogP contribution is -2.22. The normalized spacial score (nSPS) is 10.5. The van der Waals surface area contributed by atoms with Crippen LogP contribution in [0.5, 0.6) is 0 Å². The van der Waals surface area contributed by atoms with Crippen molar-refractivity contribution in [2.45, 2.75) is 19.4 Å². The van der Waals surface area contributed by atoms with Gasteiger partial charge < -0.3 is 5.32 Å². The van der Waals surface area contributed by atoms with Crippen molar-refractivity contribution in [3.05, 3.63) is 70.3 Å². The molecule has 0 saturated heterocycles. The molecule has 0 bridgehead atoms. The fraction of sp³-hybridized carbons (Fsp3) is 0.167. The van der Waals surface area contributed by atoms with Crippen LogP contribution in [-0.2, 0) is 17.8 Å². The Bertz CT molecular complexity index is 803. The number of rotatable bonds is 6. The summed E-state index contributed by atoms with van der Waals surface area (Å²) >= 11 is 7.39. The van der Waals surface area contributed by atoms with Crippen LogP contribution in [0, 0.1) is 0 Å². The van der Waals surface area contributed by atoms with Crippen molar-refractivity contribution >= 4 is 28.8 Å². The number of hydrogen-bond acceptors (Lipinski definition) is 4. The van der Waals surface area contributed by atoms with E-state index >= 15 is 0 Å². The van der Waals surface area contributed by atoms with Crippen molar-refractivity contribution in [3.63, 3.8) is 0 Å². The van der Waals surface area contributed by atoms with Gasteiger partial charge in [0.15, 0.2) is 0 Å². The van der Waals surface area contributed by atoms with Gasteiger partial charge in [-0.3, -0.25) is 9.78 Å². The van der Waals surface area contributed by atoms with Gasteiger partial charge in [0.05, 0.1) is 11.4 Å². The molecule has 0 saturated carbocycles. The summed E-state index contributed by atoms with van der Waals surface area (Å²) in [4.78, 5) is 20.8. The first-order chi connectivity index (χ1) is 11.7. The lowest BCUT2D eigenvalue weighted by Gasteiger charge is -2.04. The Morgan fingerprint density at radius 3 is 2.75 bits per heavy atom. The van der Waals surface area contributed by atoms with Crippen molar-refractivity contribution in [1.29, 1.82) is 0 Å². The quantitative estimate of drug-likeness (QED) is 0.722. The fourth-order valence-electron chi connectivity index (χ4n) is 2.16. The lowest BCUT2D eigenvalue weighted by atomic mass is 10.2. The van der Waals surface area contributed by atoms with E-state index in [1.54, 1.807) is 17.5 Å².